The highest BCUT2D eigenvalue weighted by Crippen LogP contribution is 2.37. The fraction of sp³-hybridized carbons (Fsp3) is 0.529. The predicted molar refractivity (Wildman–Crippen MR) is 78.3 cm³/mol. The van der Waals surface area contributed by atoms with Gasteiger partial charge in [-0.3, -0.25) is 19.4 Å². The predicted octanol–water partition coefficient (Wildman–Crippen LogP) is 1.94. The molecule has 1 aliphatic heterocycles. The first-order valence-corrected chi connectivity index (χ1v) is 7.89. The molecule has 0 radical (unpaired) electrons. The van der Waals surface area contributed by atoms with Crippen LogP contribution >= 0.6 is 0 Å². The molecule has 1 atom stereocenters. The van der Waals surface area contributed by atoms with Gasteiger partial charge in [0.05, 0.1) is 12.5 Å². The molecule has 3 fully saturated rings. The van der Waals surface area contributed by atoms with Crippen LogP contribution in [0.4, 0.5) is 0 Å². The maximum atomic E-state index is 12.6. The summed E-state index contributed by atoms with van der Waals surface area (Å²) in [6, 6.07) is 10.7. The van der Waals surface area contributed by atoms with Gasteiger partial charge >= 0.3 is 0 Å². The number of hydrogen-bond donors (Lipinski definition) is 0. The number of hydrogen-bond acceptors (Lipinski definition) is 3. The number of imide groups is 1. The number of carbonyl (C=O) groups excluding carboxylic acids is 2. The molecule has 1 saturated heterocycles. The van der Waals surface area contributed by atoms with Crippen molar-refractivity contribution >= 4 is 11.8 Å². The summed E-state index contributed by atoms with van der Waals surface area (Å²) in [6.07, 6.45) is 4.65. The van der Waals surface area contributed by atoms with E-state index in [9.17, 15) is 9.59 Å². The molecule has 2 saturated carbocycles. The number of carbonyl (C=O) groups is 2. The molecule has 1 unspecified atom stereocenters. The Kier molecular flexibility index (Phi) is 3.07. The Hall–Kier alpha value is -1.68. The van der Waals surface area contributed by atoms with Gasteiger partial charge < -0.3 is 0 Å². The van der Waals surface area contributed by atoms with E-state index < -0.39 is 0 Å². The summed E-state index contributed by atoms with van der Waals surface area (Å²) in [6.45, 7) is 0.772. The zero-order valence-electron chi connectivity index (χ0n) is 12.1. The van der Waals surface area contributed by atoms with E-state index >= 15 is 0 Å². The topological polar surface area (TPSA) is 40.6 Å². The van der Waals surface area contributed by atoms with Gasteiger partial charge in [0.2, 0.25) is 11.8 Å². The highest BCUT2D eigenvalue weighted by Gasteiger charge is 2.50. The van der Waals surface area contributed by atoms with Crippen LogP contribution in [0.3, 0.4) is 0 Å². The van der Waals surface area contributed by atoms with E-state index in [0.717, 1.165) is 32.2 Å². The van der Waals surface area contributed by atoms with Crippen LogP contribution in [0.5, 0.6) is 0 Å². The molecule has 0 bridgehead atoms. The van der Waals surface area contributed by atoms with Gasteiger partial charge in [0.25, 0.3) is 0 Å². The first-order chi connectivity index (χ1) is 10.2. The number of rotatable bonds is 5. The molecule has 3 aliphatic rings. The van der Waals surface area contributed by atoms with Crippen molar-refractivity contribution in [3.05, 3.63) is 35.9 Å². The lowest BCUT2D eigenvalue weighted by atomic mass is 10.1. The maximum Gasteiger partial charge on any atom is 0.247 e. The Labute approximate surface area is 124 Å². The second-order valence-electron chi connectivity index (χ2n) is 6.44. The van der Waals surface area contributed by atoms with E-state index in [2.05, 4.69) is 17.0 Å². The first-order valence-electron chi connectivity index (χ1n) is 7.89. The smallest absolute Gasteiger partial charge is 0.247 e. The average molecular weight is 284 g/mol. The molecule has 0 spiro atoms. The molecule has 0 aromatic heterocycles. The summed E-state index contributed by atoms with van der Waals surface area (Å²) in [7, 11) is 0. The average Bonchev–Trinajstić information content (AvgIpc) is 3.37. The highest BCUT2D eigenvalue weighted by atomic mass is 16.2. The minimum atomic E-state index is -0.231. The van der Waals surface area contributed by atoms with Gasteiger partial charge in [-0.15, -0.1) is 0 Å². The SMILES string of the molecule is O=C1CC(N(Cc2ccccc2)C2CC2)C(=O)N1C1CC1. The van der Waals surface area contributed by atoms with E-state index in [1.165, 1.54) is 5.56 Å². The maximum absolute atomic E-state index is 12.6. The molecular formula is C17H20N2O2. The molecule has 1 aromatic carbocycles. The summed E-state index contributed by atoms with van der Waals surface area (Å²) >= 11 is 0. The van der Waals surface area contributed by atoms with Gasteiger partial charge in [-0.25, -0.2) is 0 Å². The van der Waals surface area contributed by atoms with Crippen molar-refractivity contribution in [1.29, 1.82) is 0 Å². The van der Waals surface area contributed by atoms with Crippen molar-refractivity contribution in [2.45, 2.75) is 56.8 Å². The first kappa shape index (κ1) is 13.0. The molecule has 1 aromatic rings. The van der Waals surface area contributed by atoms with Crippen molar-refractivity contribution in [3.8, 4) is 0 Å². The van der Waals surface area contributed by atoms with Crippen molar-refractivity contribution in [1.82, 2.24) is 9.80 Å². The molecule has 2 amide bonds. The Balaban J connectivity index is 1.54. The van der Waals surface area contributed by atoms with Gasteiger partial charge in [0.1, 0.15) is 0 Å². The third-order valence-corrected chi connectivity index (χ3v) is 4.70. The zero-order valence-corrected chi connectivity index (χ0v) is 12.1. The van der Waals surface area contributed by atoms with E-state index in [4.69, 9.17) is 0 Å². The third-order valence-electron chi connectivity index (χ3n) is 4.70. The highest BCUT2D eigenvalue weighted by molar-refractivity contribution is 6.06. The lowest BCUT2D eigenvalue weighted by Crippen LogP contribution is -2.43. The fourth-order valence-electron chi connectivity index (χ4n) is 3.30. The molecule has 110 valence electrons. The van der Waals surface area contributed by atoms with Crippen LogP contribution in [-0.2, 0) is 16.1 Å². The number of nitrogens with zero attached hydrogens (tertiary/aromatic N) is 2. The van der Waals surface area contributed by atoms with Crippen LogP contribution in [-0.4, -0.2) is 39.7 Å². The van der Waals surface area contributed by atoms with Crippen molar-refractivity contribution < 1.29 is 9.59 Å². The van der Waals surface area contributed by atoms with Crippen molar-refractivity contribution in [2.24, 2.45) is 0 Å². The minimum Gasteiger partial charge on any atom is -0.284 e. The Bertz CT molecular complexity index is 563. The van der Waals surface area contributed by atoms with Gasteiger partial charge in [-0.05, 0) is 31.2 Å². The summed E-state index contributed by atoms with van der Waals surface area (Å²) < 4.78 is 0. The summed E-state index contributed by atoms with van der Waals surface area (Å²) in [5.41, 5.74) is 1.22. The van der Waals surface area contributed by atoms with Gasteiger partial charge in [0, 0.05) is 18.6 Å². The van der Waals surface area contributed by atoms with Crippen LogP contribution < -0.4 is 0 Å². The van der Waals surface area contributed by atoms with Crippen LogP contribution in [0.1, 0.15) is 37.7 Å². The van der Waals surface area contributed by atoms with Gasteiger partial charge in [-0.1, -0.05) is 30.3 Å². The normalized spacial score (nSPS) is 26.0. The quantitative estimate of drug-likeness (QED) is 0.776. The zero-order chi connectivity index (χ0) is 14.4. The summed E-state index contributed by atoms with van der Waals surface area (Å²) in [5.74, 6) is 0.0801. The molecule has 4 nitrogen and oxygen atoms in total. The molecule has 4 rings (SSSR count). The van der Waals surface area contributed by atoms with Crippen molar-refractivity contribution in [2.75, 3.05) is 0 Å². The van der Waals surface area contributed by atoms with Crippen LogP contribution in [0.25, 0.3) is 0 Å². The third kappa shape index (κ3) is 2.48. The number of amides is 2. The van der Waals surface area contributed by atoms with E-state index in [0.29, 0.717) is 12.5 Å². The standard InChI is InChI=1S/C17H20N2O2/c20-16-10-15(17(21)19(16)14-8-9-14)18(13-6-7-13)11-12-4-2-1-3-5-12/h1-5,13-15H,6-11H2. The lowest BCUT2D eigenvalue weighted by molar-refractivity contribution is -0.140. The van der Waals surface area contributed by atoms with Gasteiger partial charge in [0.15, 0.2) is 0 Å². The fourth-order valence-corrected chi connectivity index (χ4v) is 3.30. The molecule has 1 heterocycles. The Morgan fingerprint density at radius 2 is 1.76 bits per heavy atom. The number of likely N-dealkylation sites (tertiary alicyclic amines) is 1. The molecule has 4 heteroatoms. The van der Waals surface area contributed by atoms with Crippen molar-refractivity contribution in [3.63, 3.8) is 0 Å². The van der Waals surface area contributed by atoms with E-state index in [1.807, 2.05) is 18.2 Å². The van der Waals surface area contributed by atoms with E-state index in [1.54, 1.807) is 4.90 Å². The monoisotopic (exact) mass is 284 g/mol. The lowest BCUT2D eigenvalue weighted by Gasteiger charge is -2.27. The van der Waals surface area contributed by atoms with Gasteiger partial charge in [-0.2, -0.15) is 0 Å². The second kappa shape index (κ2) is 4.95. The Morgan fingerprint density at radius 3 is 2.38 bits per heavy atom. The molecular weight excluding hydrogens is 264 g/mol. The van der Waals surface area contributed by atoms with Crippen LogP contribution in [0.15, 0.2) is 30.3 Å². The molecule has 2 aliphatic carbocycles. The number of benzene rings is 1. The molecule has 21 heavy (non-hydrogen) atoms. The van der Waals surface area contributed by atoms with E-state index in [-0.39, 0.29) is 23.9 Å². The summed E-state index contributed by atoms with van der Waals surface area (Å²) in [5, 5.41) is 0. The summed E-state index contributed by atoms with van der Waals surface area (Å²) in [4.78, 5) is 28.6. The largest absolute Gasteiger partial charge is 0.284 e. The second-order valence-corrected chi connectivity index (χ2v) is 6.44. The van der Waals surface area contributed by atoms with Crippen LogP contribution in [0, 0.1) is 0 Å². The minimum absolute atomic E-state index is 0.0335. The Morgan fingerprint density at radius 1 is 1.05 bits per heavy atom. The molecule has 0 N–H and O–H groups in total. The van der Waals surface area contributed by atoms with Crippen LogP contribution in [0.2, 0.25) is 0 Å².